The summed E-state index contributed by atoms with van der Waals surface area (Å²) >= 11 is 0. The van der Waals surface area contributed by atoms with Crippen molar-refractivity contribution in [3.8, 4) is 22.3 Å². The van der Waals surface area contributed by atoms with E-state index in [1.165, 1.54) is 74.7 Å². The van der Waals surface area contributed by atoms with Crippen molar-refractivity contribution in [3.05, 3.63) is 129 Å². The van der Waals surface area contributed by atoms with Crippen molar-refractivity contribution in [3.63, 3.8) is 0 Å². The van der Waals surface area contributed by atoms with E-state index in [1.54, 1.807) is 6.92 Å². The van der Waals surface area contributed by atoms with E-state index in [0.717, 1.165) is 36.8 Å². The molecule has 0 bridgehead atoms. The van der Waals surface area contributed by atoms with Crippen LogP contribution in [0, 0.1) is 27.7 Å². The van der Waals surface area contributed by atoms with Gasteiger partial charge in [0.1, 0.15) is 11.9 Å². The molecule has 4 heteroatoms. The molecule has 4 aromatic rings. The van der Waals surface area contributed by atoms with E-state index in [9.17, 15) is 9.90 Å². The van der Waals surface area contributed by atoms with Gasteiger partial charge in [0.25, 0.3) is 0 Å². The molecule has 1 unspecified atom stereocenters. The largest absolute Gasteiger partial charge is 0.512 e. The van der Waals surface area contributed by atoms with Crippen LogP contribution in [0.1, 0.15) is 83.8 Å². The van der Waals surface area contributed by atoms with Crippen LogP contribution in [0.2, 0.25) is 0 Å². The zero-order chi connectivity index (χ0) is 31.8. The maximum atomic E-state index is 12.1. The van der Waals surface area contributed by atoms with Crippen LogP contribution in [0.25, 0.3) is 27.8 Å². The Morgan fingerprint density at radius 2 is 1.44 bits per heavy atom. The zero-order valence-corrected chi connectivity index (χ0v) is 27.4. The molecule has 0 radical (unpaired) electrons. The Labute approximate surface area is 268 Å². The van der Waals surface area contributed by atoms with Crippen molar-refractivity contribution in [2.75, 3.05) is 4.90 Å². The van der Waals surface area contributed by atoms with Crippen molar-refractivity contribution in [1.29, 1.82) is 0 Å². The van der Waals surface area contributed by atoms with Crippen molar-refractivity contribution in [1.82, 2.24) is 5.32 Å². The Morgan fingerprint density at radius 3 is 2.16 bits per heavy atom. The monoisotopic (exact) mass is 596 g/mol. The highest BCUT2D eigenvalue weighted by Crippen LogP contribution is 2.47. The van der Waals surface area contributed by atoms with Crippen molar-refractivity contribution < 1.29 is 9.90 Å². The van der Waals surface area contributed by atoms with Crippen LogP contribution in [0.3, 0.4) is 0 Å². The van der Waals surface area contributed by atoms with Crippen molar-refractivity contribution >= 4 is 17.0 Å². The number of ketones is 1. The topological polar surface area (TPSA) is 52.6 Å². The Balaban J connectivity index is 1.12. The molecule has 0 amide bonds. The number of hydrogen-bond donors (Lipinski definition) is 2. The van der Waals surface area contributed by atoms with Crippen LogP contribution in [0.5, 0.6) is 0 Å². The van der Waals surface area contributed by atoms with E-state index < -0.39 is 0 Å². The number of carbonyl (C=O) groups is 1. The molecule has 2 aliphatic rings. The number of aryl methyl sites for hydroxylation is 6. The van der Waals surface area contributed by atoms with Crippen molar-refractivity contribution in [2.45, 2.75) is 79.8 Å². The lowest BCUT2D eigenvalue weighted by atomic mass is 9.87. The number of fused-ring (bicyclic) bond motifs is 6. The van der Waals surface area contributed by atoms with Crippen LogP contribution in [0.15, 0.2) is 84.9 Å². The molecular formula is C41H44N2O2. The number of rotatable bonds is 9. The number of benzene rings is 4. The molecule has 0 spiro atoms. The quantitative estimate of drug-likeness (QED) is 0.115. The first-order valence-electron chi connectivity index (χ1n) is 16.2. The minimum atomic E-state index is -0.104. The van der Waals surface area contributed by atoms with Gasteiger partial charge in [-0.3, -0.25) is 4.79 Å². The van der Waals surface area contributed by atoms with E-state index in [0.29, 0.717) is 5.57 Å². The van der Waals surface area contributed by atoms with Crippen LogP contribution in [-0.2, 0) is 17.6 Å². The first-order chi connectivity index (χ1) is 21.6. The number of hydrogen-bond acceptors (Lipinski definition) is 4. The zero-order valence-electron chi connectivity index (χ0n) is 27.4. The minimum Gasteiger partial charge on any atom is -0.512 e. The fourth-order valence-corrected chi connectivity index (χ4v) is 7.28. The van der Waals surface area contributed by atoms with E-state index in [2.05, 4.69) is 104 Å². The molecule has 45 heavy (non-hydrogen) atoms. The average Bonchev–Trinajstić information content (AvgIpc) is 3.51. The van der Waals surface area contributed by atoms with Gasteiger partial charge in [-0.25, -0.2) is 0 Å². The number of aliphatic hydroxyl groups is 1. The second-order valence-electron chi connectivity index (χ2n) is 12.9. The van der Waals surface area contributed by atoms with Gasteiger partial charge in [-0.1, -0.05) is 61.0 Å². The van der Waals surface area contributed by atoms with Gasteiger partial charge in [-0.15, -0.1) is 0 Å². The maximum absolute atomic E-state index is 12.1. The molecule has 1 atom stereocenters. The van der Waals surface area contributed by atoms with E-state index in [-0.39, 0.29) is 17.7 Å². The third kappa shape index (κ3) is 5.82. The standard InChI is InChI=1S/C41H44N2O2/c1-25-22-36(33-16-17-39-38(24-33)34-14-10-11-15-35(34)41-42-18-19-43(39)41)27(3)20-31(25)12-8-7-9-13-32-21-28(4)37(23-26(32)2)40(29(5)44)30(6)45/h10-11,14-24,41-42,44H,7-9,12-13H2,1-6H3. The SMILES string of the molecule is CC(=O)C(=C(C)O)c1cc(C)c(CCCCCc2cc(C)c(-c3ccc4c(c3)-c3ccccc3C3NC=CN43)cc2C)cc1C. The van der Waals surface area contributed by atoms with Crippen molar-refractivity contribution in [2.24, 2.45) is 0 Å². The molecule has 0 aromatic heterocycles. The molecule has 2 heterocycles. The smallest absolute Gasteiger partial charge is 0.163 e. The fourth-order valence-electron chi connectivity index (χ4n) is 7.28. The Morgan fingerprint density at radius 1 is 0.756 bits per heavy atom. The average molecular weight is 597 g/mol. The van der Waals surface area contributed by atoms with Gasteiger partial charge in [0, 0.05) is 23.5 Å². The Bertz CT molecular complexity index is 1860. The molecular weight excluding hydrogens is 552 g/mol. The molecule has 0 fully saturated rings. The minimum absolute atomic E-state index is 0.0837. The summed E-state index contributed by atoms with van der Waals surface area (Å²) in [4.78, 5) is 14.5. The van der Waals surface area contributed by atoms with Gasteiger partial charge in [0.2, 0.25) is 0 Å². The lowest BCUT2D eigenvalue weighted by Gasteiger charge is -2.34. The molecule has 230 valence electrons. The summed E-state index contributed by atoms with van der Waals surface area (Å²) in [6, 6.07) is 24.7. The predicted molar refractivity (Wildman–Crippen MR) is 187 cm³/mol. The number of anilines is 1. The van der Waals surface area contributed by atoms with E-state index >= 15 is 0 Å². The van der Waals surface area contributed by atoms with Gasteiger partial charge in [0.05, 0.1) is 11.3 Å². The number of nitrogens with zero attached hydrogens (tertiary/aromatic N) is 1. The molecule has 2 N–H and O–H groups in total. The lowest BCUT2D eigenvalue weighted by molar-refractivity contribution is -0.111. The van der Waals surface area contributed by atoms with E-state index in [4.69, 9.17) is 0 Å². The summed E-state index contributed by atoms with van der Waals surface area (Å²) in [5, 5.41) is 13.6. The van der Waals surface area contributed by atoms with Gasteiger partial charge < -0.3 is 15.3 Å². The maximum Gasteiger partial charge on any atom is 0.163 e. The van der Waals surface area contributed by atoms with Crippen LogP contribution < -0.4 is 10.2 Å². The molecule has 0 aliphatic carbocycles. The summed E-state index contributed by atoms with van der Waals surface area (Å²) in [6.45, 7) is 11.7. The third-order valence-electron chi connectivity index (χ3n) is 9.64. The van der Waals surface area contributed by atoms with E-state index in [1.807, 2.05) is 13.1 Å². The summed E-state index contributed by atoms with van der Waals surface area (Å²) < 4.78 is 0. The van der Waals surface area contributed by atoms with Gasteiger partial charge in [-0.2, -0.15) is 0 Å². The first-order valence-corrected chi connectivity index (χ1v) is 16.2. The second kappa shape index (κ2) is 12.4. The second-order valence-corrected chi connectivity index (χ2v) is 12.9. The Hall–Kier alpha value is -4.57. The van der Waals surface area contributed by atoms with Crippen LogP contribution >= 0.6 is 0 Å². The van der Waals surface area contributed by atoms with Gasteiger partial charge >= 0.3 is 0 Å². The van der Waals surface area contributed by atoms with Crippen LogP contribution in [-0.4, -0.2) is 10.9 Å². The molecule has 0 saturated heterocycles. The summed E-state index contributed by atoms with van der Waals surface area (Å²) in [7, 11) is 0. The summed E-state index contributed by atoms with van der Waals surface area (Å²) in [5.41, 5.74) is 16.6. The highest BCUT2D eigenvalue weighted by molar-refractivity contribution is 6.20. The highest BCUT2D eigenvalue weighted by Gasteiger charge is 2.31. The first kappa shape index (κ1) is 30.5. The molecule has 4 nitrogen and oxygen atoms in total. The predicted octanol–water partition coefficient (Wildman–Crippen LogP) is 9.98. The Kier molecular flexibility index (Phi) is 8.42. The number of Topliss-reactive ketones (excluding diaryl/α,β-unsaturated/α-hetero) is 1. The number of unbranched alkanes of at least 4 members (excludes halogenated alkanes) is 2. The number of aliphatic hydroxyl groups excluding tert-OH is 1. The highest BCUT2D eigenvalue weighted by atomic mass is 16.3. The summed E-state index contributed by atoms with van der Waals surface area (Å²) in [6.07, 6.45) is 9.90. The van der Waals surface area contributed by atoms with Gasteiger partial charge in [0.15, 0.2) is 5.78 Å². The molecule has 6 rings (SSSR count). The molecule has 0 saturated carbocycles. The lowest BCUT2D eigenvalue weighted by Crippen LogP contribution is -2.30. The fraction of sp³-hybridized carbons (Fsp3) is 0.293. The number of nitrogens with one attached hydrogen (secondary N) is 1. The number of allylic oxidation sites excluding steroid dienone is 2. The summed E-state index contributed by atoms with van der Waals surface area (Å²) in [5.74, 6) is -0.0201. The third-order valence-corrected chi connectivity index (χ3v) is 9.64. The normalized spacial score (nSPS) is 15.2. The number of carbonyl (C=O) groups excluding carboxylic acids is 1. The van der Waals surface area contributed by atoms with Crippen LogP contribution in [0.4, 0.5) is 5.69 Å². The molecule has 4 aromatic carbocycles. The molecule has 2 aliphatic heterocycles. The van der Waals surface area contributed by atoms with Gasteiger partial charge in [-0.05, 0) is 135 Å².